The zero-order valence-electron chi connectivity index (χ0n) is 10.6. The number of halogens is 1. The minimum absolute atomic E-state index is 0.0312. The second-order valence-electron chi connectivity index (χ2n) is 4.45. The summed E-state index contributed by atoms with van der Waals surface area (Å²) >= 11 is 0. The molecule has 0 atom stereocenters. The molecule has 0 spiro atoms. The van der Waals surface area contributed by atoms with Crippen molar-refractivity contribution in [2.75, 3.05) is 5.75 Å². The van der Waals surface area contributed by atoms with Crippen molar-refractivity contribution in [3.63, 3.8) is 0 Å². The maximum Gasteiger partial charge on any atom is 0.178 e. The second kappa shape index (κ2) is 5.53. The van der Waals surface area contributed by atoms with Gasteiger partial charge in [0.15, 0.2) is 9.84 Å². The van der Waals surface area contributed by atoms with Crippen molar-refractivity contribution in [3.05, 3.63) is 65.5 Å². The molecule has 0 radical (unpaired) electrons. The third-order valence-electron chi connectivity index (χ3n) is 3.07. The Hall–Kier alpha value is -1.68. The van der Waals surface area contributed by atoms with E-state index in [9.17, 15) is 12.8 Å². The third kappa shape index (κ3) is 3.41. The first-order chi connectivity index (χ1) is 8.99. The molecule has 0 saturated heterocycles. The van der Waals surface area contributed by atoms with Crippen LogP contribution in [0.3, 0.4) is 0 Å². The van der Waals surface area contributed by atoms with Crippen LogP contribution in [0.5, 0.6) is 0 Å². The van der Waals surface area contributed by atoms with Crippen LogP contribution in [-0.4, -0.2) is 14.2 Å². The van der Waals surface area contributed by atoms with Crippen LogP contribution < -0.4 is 0 Å². The van der Waals surface area contributed by atoms with Crippen molar-refractivity contribution in [1.82, 2.24) is 0 Å². The van der Waals surface area contributed by atoms with Gasteiger partial charge < -0.3 is 0 Å². The van der Waals surface area contributed by atoms with Crippen molar-refractivity contribution < 1.29 is 12.8 Å². The second-order valence-corrected chi connectivity index (χ2v) is 6.56. The van der Waals surface area contributed by atoms with Crippen LogP contribution in [-0.2, 0) is 16.3 Å². The van der Waals surface area contributed by atoms with Crippen molar-refractivity contribution in [2.24, 2.45) is 0 Å². The minimum atomic E-state index is -3.36. The van der Waals surface area contributed by atoms with Gasteiger partial charge in [0.1, 0.15) is 5.82 Å². The topological polar surface area (TPSA) is 34.1 Å². The standard InChI is InChI=1S/C15H15FO2S/c1-12-4-2-3-5-13(12)10-11-19(17,18)15-8-6-14(16)7-9-15/h2-9H,10-11H2,1H3. The lowest BCUT2D eigenvalue weighted by molar-refractivity contribution is 0.594. The molecule has 0 aliphatic rings. The van der Waals surface area contributed by atoms with E-state index in [0.29, 0.717) is 6.42 Å². The van der Waals surface area contributed by atoms with Gasteiger partial charge in [0.05, 0.1) is 10.6 Å². The lowest BCUT2D eigenvalue weighted by Gasteiger charge is -2.07. The summed E-state index contributed by atoms with van der Waals surface area (Å²) in [4.78, 5) is 0.169. The predicted octanol–water partition coefficient (Wildman–Crippen LogP) is 3.15. The van der Waals surface area contributed by atoms with Gasteiger partial charge in [0.2, 0.25) is 0 Å². The van der Waals surface area contributed by atoms with Crippen LogP contribution in [0.25, 0.3) is 0 Å². The van der Waals surface area contributed by atoms with E-state index in [1.807, 2.05) is 31.2 Å². The van der Waals surface area contributed by atoms with Gasteiger partial charge in [-0.25, -0.2) is 12.8 Å². The van der Waals surface area contributed by atoms with Crippen LogP contribution in [0.1, 0.15) is 11.1 Å². The van der Waals surface area contributed by atoms with E-state index in [1.54, 1.807) is 0 Å². The molecule has 0 fully saturated rings. The molecule has 4 heteroatoms. The fraction of sp³-hybridized carbons (Fsp3) is 0.200. The van der Waals surface area contributed by atoms with Gasteiger partial charge in [0.25, 0.3) is 0 Å². The molecule has 0 aliphatic heterocycles. The van der Waals surface area contributed by atoms with E-state index in [0.717, 1.165) is 11.1 Å². The third-order valence-corrected chi connectivity index (χ3v) is 4.81. The average molecular weight is 278 g/mol. The lowest BCUT2D eigenvalue weighted by Crippen LogP contribution is -2.09. The summed E-state index contributed by atoms with van der Waals surface area (Å²) in [5.41, 5.74) is 2.10. The van der Waals surface area contributed by atoms with Crippen LogP contribution >= 0.6 is 0 Å². The van der Waals surface area contributed by atoms with Crippen molar-refractivity contribution in [1.29, 1.82) is 0 Å². The maximum absolute atomic E-state index is 12.8. The van der Waals surface area contributed by atoms with Gasteiger partial charge in [-0.15, -0.1) is 0 Å². The molecule has 0 N–H and O–H groups in total. The normalized spacial score (nSPS) is 11.5. The van der Waals surface area contributed by atoms with Crippen molar-refractivity contribution >= 4 is 9.84 Å². The Kier molecular flexibility index (Phi) is 4.00. The Labute approximate surface area is 112 Å². The van der Waals surface area contributed by atoms with E-state index in [4.69, 9.17) is 0 Å². The summed E-state index contributed by atoms with van der Waals surface area (Å²) < 4.78 is 37.0. The van der Waals surface area contributed by atoms with Gasteiger partial charge in [-0.05, 0) is 48.7 Å². The molecule has 0 bridgehead atoms. The summed E-state index contributed by atoms with van der Waals surface area (Å²) in [6, 6.07) is 12.7. The number of aryl methyl sites for hydroxylation is 2. The fourth-order valence-electron chi connectivity index (χ4n) is 1.89. The highest BCUT2D eigenvalue weighted by molar-refractivity contribution is 7.91. The molecular weight excluding hydrogens is 263 g/mol. The predicted molar refractivity (Wildman–Crippen MR) is 73.3 cm³/mol. The van der Waals surface area contributed by atoms with Crippen molar-refractivity contribution in [3.8, 4) is 0 Å². The highest BCUT2D eigenvalue weighted by Crippen LogP contribution is 2.15. The fourth-order valence-corrected chi connectivity index (χ4v) is 3.17. The Morgan fingerprint density at radius 3 is 2.26 bits per heavy atom. The first-order valence-corrected chi connectivity index (χ1v) is 7.67. The number of sulfone groups is 1. The Bertz CT molecular complexity index is 661. The first-order valence-electron chi connectivity index (χ1n) is 6.02. The monoisotopic (exact) mass is 278 g/mol. The zero-order valence-corrected chi connectivity index (χ0v) is 11.5. The minimum Gasteiger partial charge on any atom is -0.224 e. The summed E-state index contributed by atoms with van der Waals surface area (Å²) in [5.74, 6) is -0.401. The smallest absolute Gasteiger partial charge is 0.178 e. The van der Waals surface area contributed by atoms with Crippen LogP contribution in [0.4, 0.5) is 4.39 Å². The molecule has 2 nitrogen and oxygen atoms in total. The number of benzene rings is 2. The van der Waals surface area contributed by atoms with Gasteiger partial charge in [-0.3, -0.25) is 0 Å². The quantitative estimate of drug-likeness (QED) is 0.805. The summed E-state index contributed by atoms with van der Waals surface area (Å²) in [6.07, 6.45) is 0.465. The average Bonchev–Trinajstić information content (AvgIpc) is 2.38. The molecule has 0 saturated carbocycles. The Balaban J connectivity index is 2.14. The number of hydrogen-bond donors (Lipinski definition) is 0. The highest BCUT2D eigenvalue weighted by Gasteiger charge is 2.14. The van der Waals surface area contributed by atoms with Gasteiger partial charge in [0, 0.05) is 0 Å². The maximum atomic E-state index is 12.8. The zero-order chi connectivity index (χ0) is 13.9. The van der Waals surface area contributed by atoms with Gasteiger partial charge >= 0.3 is 0 Å². The molecule has 0 aliphatic carbocycles. The highest BCUT2D eigenvalue weighted by atomic mass is 32.2. The van der Waals surface area contributed by atoms with Gasteiger partial charge in [-0.1, -0.05) is 24.3 Å². The SMILES string of the molecule is Cc1ccccc1CCS(=O)(=O)c1ccc(F)cc1. The van der Waals surface area contributed by atoms with Crippen LogP contribution in [0, 0.1) is 12.7 Å². The molecule has 0 heterocycles. The summed E-state index contributed by atoms with van der Waals surface area (Å²) in [5, 5.41) is 0. The molecule has 2 rings (SSSR count). The molecule has 0 aromatic heterocycles. The molecular formula is C15H15FO2S. The Morgan fingerprint density at radius 2 is 1.63 bits per heavy atom. The lowest BCUT2D eigenvalue weighted by atomic mass is 10.1. The molecule has 100 valence electrons. The van der Waals surface area contributed by atoms with Gasteiger partial charge in [-0.2, -0.15) is 0 Å². The molecule has 19 heavy (non-hydrogen) atoms. The van der Waals surface area contributed by atoms with Crippen molar-refractivity contribution in [2.45, 2.75) is 18.2 Å². The first kappa shape index (κ1) is 13.7. The number of rotatable bonds is 4. The van der Waals surface area contributed by atoms with E-state index < -0.39 is 15.7 Å². The largest absolute Gasteiger partial charge is 0.224 e. The van der Waals surface area contributed by atoms with E-state index in [1.165, 1.54) is 24.3 Å². The van der Waals surface area contributed by atoms with Crippen LogP contribution in [0.15, 0.2) is 53.4 Å². The molecule has 0 amide bonds. The Morgan fingerprint density at radius 1 is 1.00 bits per heavy atom. The molecule has 2 aromatic carbocycles. The summed E-state index contributed by atoms with van der Waals surface area (Å²) in [6.45, 7) is 1.96. The molecule has 0 unspecified atom stereocenters. The van der Waals surface area contributed by atoms with E-state index in [2.05, 4.69) is 0 Å². The van der Waals surface area contributed by atoms with E-state index >= 15 is 0 Å². The molecule has 2 aromatic rings. The van der Waals surface area contributed by atoms with E-state index in [-0.39, 0.29) is 10.6 Å². The summed E-state index contributed by atoms with van der Waals surface area (Å²) in [7, 11) is -3.36. The van der Waals surface area contributed by atoms with Crippen LogP contribution in [0.2, 0.25) is 0 Å². The number of hydrogen-bond acceptors (Lipinski definition) is 2.